The van der Waals surface area contributed by atoms with Crippen molar-refractivity contribution in [1.29, 1.82) is 0 Å². The van der Waals surface area contributed by atoms with E-state index < -0.39 is 30.0 Å². The molecule has 4 rings (SSSR count). The van der Waals surface area contributed by atoms with Crippen LogP contribution in [0.15, 0.2) is 42.9 Å². The molecule has 0 saturated carbocycles. The van der Waals surface area contributed by atoms with Gasteiger partial charge in [0.25, 0.3) is 11.8 Å². The van der Waals surface area contributed by atoms with Crippen molar-refractivity contribution >= 4 is 17.4 Å². The lowest BCUT2D eigenvalue weighted by molar-refractivity contribution is 0.0257. The summed E-state index contributed by atoms with van der Waals surface area (Å²) in [6, 6.07) is 5.02. The van der Waals surface area contributed by atoms with E-state index in [-0.39, 0.29) is 47.1 Å². The SMILES string of the molecule is CC(C)c1ncc(C(=O)Nc2c(-c3cccc(F)c3F)ccnc2N2CCC(F)(F)C2)cn1. The molecule has 1 fully saturated rings. The summed E-state index contributed by atoms with van der Waals surface area (Å²) < 4.78 is 56.3. The Morgan fingerprint density at radius 3 is 2.45 bits per heavy atom. The number of rotatable bonds is 5. The number of halogens is 4. The molecule has 6 nitrogen and oxygen atoms in total. The van der Waals surface area contributed by atoms with Crippen LogP contribution in [0, 0.1) is 11.6 Å². The highest BCUT2D eigenvalue weighted by Crippen LogP contribution is 2.40. The van der Waals surface area contributed by atoms with Crippen LogP contribution < -0.4 is 10.2 Å². The van der Waals surface area contributed by atoms with Crippen LogP contribution in [0.3, 0.4) is 0 Å². The van der Waals surface area contributed by atoms with Crippen molar-refractivity contribution in [3.63, 3.8) is 0 Å². The molecule has 1 aromatic carbocycles. The Morgan fingerprint density at radius 1 is 1.09 bits per heavy atom. The molecule has 1 amide bonds. The summed E-state index contributed by atoms with van der Waals surface area (Å²) in [7, 11) is 0. The Labute approximate surface area is 187 Å². The molecule has 3 aromatic rings. The fourth-order valence-corrected chi connectivity index (χ4v) is 3.61. The third-order valence-corrected chi connectivity index (χ3v) is 5.33. The normalized spacial score (nSPS) is 15.2. The molecular weight excluding hydrogens is 438 g/mol. The van der Waals surface area contributed by atoms with Gasteiger partial charge in [0, 0.05) is 48.6 Å². The first kappa shape index (κ1) is 22.6. The lowest BCUT2D eigenvalue weighted by Gasteiger charge is -2.23. The van der Waals surface area contributed by atoms with Gasteiger partial charge in [0.2, 0.25) is 0 Å². The number of nitrogens with one attached hydrogen (secondary N) is 1. The lowest BCUT2D eigenvalue weighted by atomic mass is 10.0. The predicted octanol–water partition coefficient (Wildman–Crippen LogP) is 5.04. The molecule has 1 N–H and O–H groups in total. The topological polar surface area (TPSA) is 71.0 Å². The van der Waals surface area contributed by atoms with E-state index in [1.807, 2.05) is 13.8 Å². The molecule has 0 unspecified atom stereocenters. The van der Waals surface area contributed by atoms with Gasteiger partial charge in [-0.25, -0.2) is 32.5 Å². The molecule has 1 saturated heterocycles. The molecule has 33 heavy (non-hydrogen) atoms. The minimum absolute atomic E-state index is 0.00219. The Hall–Kier alpha value is -3.56. The van der Waals surface area contributed by atoms with Crippen LogP contribution in [0.4, 0.5) is 29.1 Å². The summed E-state index contributed by atoms with van der Waals surface area (Å²) in [5.41, 5.74) is 0.0934. The Bertz CT molecular complexity index is 1180. The minimum Gasteiger partial charge on any atom is -0.349 e. The number of aromatic nitrogens is 3. The van der Waals surface area contributed by atoms with E-state index >= 15 is 0 Å². The molecule has 0 spiro atoms. The zero-order valence-corrected chi connectivity index (χ0v) is 17.9. The van der Waals surface area contributed by atoms with E-state index in [1.54, 1.807) is 0 Å². The lowest BCUT2D eigenvalue weighted by Crippen LogP contribution is -2.27. The summed E-state index contributed by atoms with van der Waals surface area (Å²) in [5, 5.41) is 2.64. The van der Waals surface area contributed by atoms with Crippen molar-refractivity contribution in [2.45, 2.75) is 32.1 Å². The number of pyridine rings is 1. The quantitative estimate of drug-likeness (QED) is 0.542. The van der Waals surface area contributed by atoms with Gasteiger partial charge < -0.3 is 10.2 Å². The fraction of sp³-hybridized carbons (Fsp3) is 0.304. The van der Waals surface area contributed by atoms with E-state index in [4.69, 9.17) is 0 Å². The first-order chi connectivity index (χ1) is 15.7. The van der Waals surface area contributed by atoms with Gasteiger partial charge in [-0.3, -0.25) is 4.79 Å². The molecule has 1 aliphatic heterocycles. The highest BCUT2D eigenvalue weighted by molar-refractivity contribution is 6.08. The van der Waals surface area contributed by atoms with Crippen molar-refractivity contribution in [2.75, 3.05) is 23.3 Å². The van der Waals surface area contributed by atoms with Gasteiger partial charge in [-0.2, -0.15) is 0 Å². The Kier molecular flexibility index (Phi) is 6.01. The van der Waals surface area contributed by atoms with Crippen LogP contribution in [0.5, 0.6) is 0 Å². The van der Waals surface area contributed by atoms with E-state index in [9.17, 15) is 22.4 Å². The maximum Gasteiger partial charge on any atom is 0.266 e. The van der Waals surface area contributed by atoms with Gasteiger partial charge in [0.1, 0.15) is 5.82 Å². The van der Waals surface area contributed by atoms with Crippen molar-refractivity contribution in [2.24, 2.45) is 0 Å². The highest BCUT2D eigenvalue weighted by atomic mass is 19.3. The number of benzene rings is 1. The van der Waals surface area contributed by atoms with E-state index in [1.165, 1.54) is 41.7 Å². The summed E-state index contributed by atoms with van der Waals surface area (Å²) in [6.07, 6.45) is 3.62. The van der Waals surface area contributed by atoms with Gasteiger partial charge in [-0.1, -0.05) is 26.0 Å². The van der Waals surface area contributed by atoms with Gasteiger partial charge in [-0.15, -0.1) is 0 Å². The Balaban J connectivity index is 1.78. The van der Waals surface area contributed by atoms with E-state index in [2.05, 4.69) is 20.3 Å². The first-order valence-corrected chi connectivity index (χ1v) is 10.4. The first-order valence-electron chi connectivity index (χ1n) is 10.4. The zero-order valence-electron chi connectivity index (χ0n) is 17.9. The second kappa shape index (κ2) is 8.76. The molecule has 0 aliphatic carbocycles. The number of anilines is 2. The third kappa shape index (κ3) is 4.64. The van der Waals surface area contributed by atoms with Crippen molar-refractivity contribution < 1.29 is 22.4 Å². The second-order valence-electron chi connectivity index (χ2n) is 8.12. The molecule has 0 bridgehead atoms. The number of hydrogen-bond donors (Lipinski definition) is 1. The summed E-state index contributed by atoms with van der Waals surface area (Å²) in [4.78, 5) is 26.8. The van der Waals surface area contributed by atoms with Crippen LogP contribution in [-0.4, -0.2) is 39.9 Å². The zero-order chi connectivity index (χ0) is 23.8. The van der Waals surface area contributed by atoms with Crippen LogP contribution in [-0.2, 0) is 0 Å². The second-order valence-corrected chi connectivity index (χ2v) is 8.12. The average Bonchev–Trinajstić information content (AvgIpc) is 3.15. The summed E-state index contributed by atoms with van der Waals surface area (Å²) in [6.45, 7) is 3.19. The van der Waals surface area contributed by atoms with Crippen molar-refractivity contribution in [1.82, 2.24) is 15.0 Å². The number of carbonyl (C=O) groups is 1. The maximum absolute atomic E-state index is 14.6. The molecular formula is C23H21F4N5O. The highest BCUT2D eigenvalue weighted by Gasteiger charge is 2.40. The van der Waals surface area contributed by atoms with Crippen LogP contribution in [0.2, 0.25) is 0 Å². The molecule has 0 atom stereocenters. The molecule has 0 radical (unpaired) electrons. The van der Waals surface area contributed by atoms with Crippen molar-refractivity contribution in [3.8, 4) is 11.1 Å². The average molecular weight is 459 g/mol. The minimum atomic E-state index is -2.93. The maximum atomic E-state index is 14.6. The number of nitrogens with zero attached hydrogens (tertiary/aromatic N) is 4. The standard InChI is InChI=1S/C23H21F4N5O/c1-13(2)20-29-10-14(11-30-20)22(33)31-19-16(15-4-3-5-17(24)18(15)25)6-8-28-21(19)32-9-7-23(26,27)12-32/h3-6,8,10-11,13H,7,9,12H2,1-2H3,(H,31,33). The number of carbonyl (C=O) groups excluding carboxylic acids is 1. The van der Waals surface area contributed by atoms with Crippen LogP contribution in [0.25, 0.3) is 11.1 Å². The smallest absolute Gasteiger partial charge is 0.266 e. The number of amides is 1. The molecule has 3 heterocycles. The molecule has 10 heteroatoms. The predicted molar refractivity (Wildman–Crippen MR) is 115 cm³/mol. The van der Waals surface area contributed by atoms with Crippen LogP contribution in [0.1, 0.15) is 42.4 Å². The molecule has 2 aromatic heterocycles. The van der Waals surface area contributed by atoms with Gasteiger partial charge in [0.15, 0.2) is 17.5 Å². The van der Waals surface area contributed by atoms with Gasteiger partial charge in [0.05, 0.1) is 17.8 Å². The summed E-state index contributed by atoms with van der Waals surface area (Å²) in [5.74, 6) is -5.11. The molecule has 172 valence electrons. The largest absolute Gasteiger partial charge is 0.349 e. The van der Waals surface area contributed by atoms with Crippen LogP contribution >= 0.6 is 0 Å². The molecule has 1 aliphatic rings. The fourth-order valence-electron chi connectivity index (χ4n) is 3.61. The number of alkyl halides is 2. The Morgan fingerprint density at radius 2 is 1.82 bits per heavy atom. The van der Waals surface area contributed by atoms with E-state index in [0.29, 0.717) is 5.82 Å². The number of hydrogen-bond acceptors (Lipinski definition) is 5. The van der Waals surface area contributed by atoms with Gasteiger partial charge in [-0.05, 0) is 12.1 Å². The summed E-state index contributed by atoms with van der Waals surface area (Å²) >= 11 is 0. The monoisotopic (exact) mass is 459 g/mol. The van der Waals surface area contributed by atoms with Crippen molar-refractivity contribution in [3.05, 3.63) is 65.9 Å². The third-order valence-electron chi connectivity index (χ3n) is 5.33. The van der Waals surface area contributed by atoms with E-state index in [0.717, 1.165) is 6.07 Å². The van der Waals surface area contributed by atoms with Gasteiger partial charge >= 0.3 is 0 Å².